The molecule has 184 valence electrons. The monoisotopic (exact) mass is 476 g/mol. The van der Waals surface area contributed by atoms with Crippen molar-refractivity contribution >= 4 is 5.91 Å². The van der Waals surface area contributed by atoms with Gasteiger partial charge in [-0.1, -0.05) is 6.92 Å². The van der Waals surface area contributed by atoms with E-state index in [1.54, 1.807) is 31.3 Å². The standard InChI is InChI=1S/C26H32N6O3/c1-4-31-13-5-6-18(31)15-28-25(33)21-16-29-32(24(21)17-7-8-17)26-27-12-11-22(30-26)20-14-19(34-2)9-10-23(20)35-3/h9-12,14,16-18H,4-8,13,15H2,1-3H3,(H,28,33)/t18-/m0/s1. The maximum absolute atomic E-state index is 13.2. The molecule has 35 heavy (non-hydrogen) atoms. The summed E-state index contributed by atoms with van der Waals surface area (Å²) in [7, 11) is 3.25. The summed E-state index contributed by atoms with van der Waals surface area (Å²) in [4.78, 5) is 24.9. The molecule has 2 aliphatic rings. The molecular weight excluding hydrogens is 444 g/mol. The number of nitrogens with one attached hydrogen (secondary N) is 1. The quantitative estimate of drug-likeness (QED) is 0.506. The minimum absolute atomic E-state index is 0.0771. The van der Waals surface area contributed by atoms with Crippen LogP contribution in [0.5, 0.6) is 11.5 Å². The number of hydrogen-bond acceptors (Lipinski definition) is 7. The number of methoxy groups -OCH3 is 2. The lowest BCUT2D eigenvalue weighted by Gasteiger charge is -2.22. The summed E-state index contributed by atoms with van der Waals surface area (Å²) < 4.78 is 12.6. The van der Waals surface area contributed by atoms with Crippen LogP contribution in [0.1, 0.15) is 54.6 Å². The van der Waals surface area contributed by atoms with Gasteiger partial charge in [-0.15, -0.1) is 0 Å². The molecule has 3 aromatic rings. The lowest BCUT2D eigenvalue weighted by atomic mass is 10.1. The molecule has 5 rings (SSSR count). The van der Waals surface area contributed by atoms with Crippen LogP contribution in [0, 0.1) is 0 Å². The first-order chi connectivity index (χ1) is 17.1. The molecule has 9 heteroatoms. The Labute approximate surface area is 205 Å². The van der Waals surface area contributed by atoms with Crippen LogP contribution >= 0.6 is 0 Å². The summed E-state index contributed by atoms with van der Waals surface area (Å²) in [6.07, 6.45) is 7.72. The molecule has 0 bridgehead atoms. The maximum Gasteiger partial charge on any atom is 0.254 e. The van der Waals surface area contributed by atoms with Crippen molar-refractivity contribution in [3.05, 3.63) is 47.9 Å². The Kier molecular flexibility index (Phi) is 6.68. The fourth-order valence-electron chi connectivity index (χ4n) is 4.90. The molecule has 0 spiro atoms. The molecule has 1 aliphatic heterocycles. The molecule has 0 unspecified atom stereocenters. The van der Waals surface area contributed by atoms with Gasteiger partial charge in [0.05, 0.1) is 37.4 Å². The smallest absolute Gasteiger partial charge is 0.254 e. The van der Waals surface area contributed by atoms with Crippen molar-refractivity contribution in [2.24, 2.45) is 0 Å². The summed E-state index contributed by atoms with van der Waals surface area (Å²) in [5, 5.41) is 7.71. The largest absolute Gasteiger partial charge is 0.497 e. The predicted molar refractivity (Wildman–Crippen MR) is 132 cm³/mol. The van der Waals surface area contributed by atoms with Gasteiger partial charge < -0.3 is 14.8 Å². The molecule has 0 radical (unpaired) electrons. The number of aromatic nitrogens is 4. The average molecular weight is 477 g/mol. The third-order valence-corrected chi connectivity index (χ3v) is 6.93. The van der Waals surface area contributed by atoms with E-state index in [2.05, 4.69) is 27.2 Å². The lowest BCUT2D eigenvalue weighted by Crippen LogP contribution is -2.40. The molecule has 1 saturated heterocycles. The number of likely N-dealkylation sites (tertiary alicyclic amines) is 1. The van der Waals surface area contributed by atoms with Gasteiger partial charge in [0.2, 0.25) is 0 Å². The number of nitrogens with zero attached hydrogens (tertiary/aromatic N) is 5. The minimum Gasteiger partial charge on any atom is -0.497 e. The Balaban J connectivity index is 1.43. The molecule has 1 atom stereocenters. The van der Waals surface area contributed by atoms with E-state index in [1.165, 1.54) is 6.42 Å². The Morgan fingerprint density at radius 3 is 2.77 bits per heavy atom. The highest BCUT2D eigenvalue weighted by Crippen LogP contribution is 2.42. The van der Waals surface area contributed by atoms with E-state index in [9.17, 15) is 4.79 Å². The lowest BCUT2D eigenvalue weighted by molar-refractivity contribution is 0.0940. The van der Waals surface area contributed by atoms with Crippen LogP contribution in [0.15, 0.2) is 36.7 Å². The molecule has 1 aromatic carbocycles. The van der Waals surface area contributed by atoms with E-state index >= 15 is 0 Å². The predicted octanol–water partition coefficient (Wildman–Crippen LogP) is 3.44. The van der Waals surface area contributed by atoms with Crippen LogP contribution < -0.4 is 14.8 Å². The van der Waals surface area contributed by atoms with Crippen molar-refractivity contribution in [2.45, 2.75) is 44.6 Å². The van der Waals surface area contributed by atoms with Crippen LogP contribution in [0.2, 0.25) is 0 Å². The number of carbonyl (C=O) groups excluding carboxylic acids is 1. The van der Waals surface area contributed by atoms with Crippen molar-refractivity contribution < 1.29 is 14.3 Å². The zero-order chi connectivity index (χ0) is 24.4. The summed E-state index contributed by atoms with van der Waals surface area (Å²) in [5.41, 5.74) is 2.98. The molecule has 3 heterocycles. The van der Waals surface area contributed by atoms with Gasteiger partial charge in [-0.3, -0.25) is 9.69 Å². The summed E-state index contributed by atoms with van der Waals surface area (Å²) in [5.74, 6) is 2.04. The number of hydrogen-bond donors (Lipinski definition) is 1. The first kappa shape index (κ1) is 23.3. The highest BCUT2D eigenvalue weighted by Gasteiger charge is 2.34. The van der Waals surface area contributed by atoms with E-state index in [1.807, 2.05) is 24.3 Å². The first-order valence-electron chi connectivity index (χ1n) is 12.3. The van der Waals surface area contributed by atoms with Gasteiger partial charge in [-0.05, 0) is 63.0 Å². The van der Waals surface area contributed by atoms with Gasteiger partial charge >= 0.3 is 0 Å². The van der Waals surface area contributed by atoms with Gasteiger partial charge in [0.15, 0.2) is 0 Å². The maximum atomic E-state index is 13.2. The minimum atomic E-state index is -0.0771. The van der Waals surface area contributed by atoms with Crippen LogP contribution in [0.3, 0.4) is 0 Å². The van der Waals surface area contributed by atoms with Crippen LogP contribution in [0.4, 0.5) is 0 Å². The van der Waals surface area contributed by atoms with Crippen LogP contribution in [-0.4, -0.2) is 70.5 Å². The van der Waals surface area contributed by atoms with Gasteiger partial charge in [-0.25, -0.2) is 14.6 Å². The zero-order valence-electron chi connectivity index (χ0n) is 20.5. The second-order valence-corrected chi connectivity index (χ2v) is 9.07. The zero-order valence-corrected chi connectivity index (χ0v) is 20.5. The second kappa shape index (κ2) is 10.0. The number of carbonyl (C=O) groups is 1. The van der Waals surface area contributed by atoms with Gasteiger partial charge in [0, 0.05) is 30.3 Å². The fraction of sp³-hybridized carbons (Fsp3) is 0.462. The van der Waals surface area contributed by atoms with Gasteiger partial charge in [-0.2, -0.15) is 5.10 Å². The van der Waals surface area contributed by atoms with Gasteiger partial charge in [0.1, 0.15) is 11.5 Å². The number of benzene rings is 1. The molecule has 2 aromatic heterocycles. The van der Waals surface area contributed by atoms with Crippen molar-refractivity contribution in [3.8, 4) is 28.7 Å². The van der Waals surface area contributed by atoms with Crippen molar-refractivity contribution in [1.29, 1.82) is 0 Å². The summed E-state index contributed by atoms with van der Waals surface area (Å²) in [6.45, 7) is 4.94. The van der Waals surface area contributed by atoms with Crippen molar-refractivity contribution in [3.63, 3.8) is 0 Å². The molecular formula is C26H32N6O3. The first-order valence-corrected chi connectivity index (χ1v) is 12.3. The summed E-state index contributed by atoms with van der Waals surface area (Å²) in [6, 6.07) is 7.82. The Morgan fingerprint density at radius 2 is 2.03 bits per heavy atom. The molecule has 2 fully saturated rings. The van der Waals surface area contributed by atoms with Crippen molar-refractivity contribution in [1.82, 2.24) is 30.0 Å². The highest BCUT2D eigenvalue weighted by molar-refractivity contribution is 5.95. The Hall–Kier alpha value is -3.46. The fourth-order valence-corrected chi connectivity index (χ4v) is 4.90. The molecule has 9 nitrogen and oxygen atoms in total. The molecule has 1 amide bonds. The third kappa shape index (κ3) is 4.73. The second-order valence-electron chi connectivity index (χ2n) is 9.07. The number of likely N-dealkylation sites (N-methyl/N-ethyl adjacent to an activating group) is 1. The number of ether oxygens (including phenoxy) is 2. The topological polar surface area (TPSA) is 94.4 Å². The van der Waals surface area contributed by atoms with E-state index in [0.29, 0.717) is 41.3 Å². The van der Waals surface area contributed by atoms with E-state index in [-0.39, 0.29) is 11.8 Å². The van der Waals surface area contributed by atoms with E-state index in [0.717, 1.165) is 43.6 Å². The van der Waals surface area contributed by atoms with Gasteiger partial charge in [0.25, 0.3) is 11.9 Å². The van der Waals surface area contributed by atoms with Crippen LogP contribution in [0.25, 0.3) is 17.2 Å². The Bertz CT molecular complexity index is 1210. The highest BCUT2D eigenvalue weighted by atomic mass is 16.5. The normalized spacial score (nSPS) is 18.0. The van der Waals surface area contributed by atoms with Crippen molar-refractivity contribution in [2.75, 3.05) is 33.9 Å². The Morgan fingerprint density at radius 1 is 1.17 bits per heavy atom. The number of amides is 1. The molecule has 1 N–H and O–H groups in total. The van der Waals surface area contributed by atoms with E-state index < -0.39 is 0 Å². The molecule has 1 saturated carbocycles. The summed E-state index contributed by atoms with van der Waals surface area (Å²) >= 11 is 0. The SMILES string of the molecule is CCN1CCC[C@H]1CNC(=O)c1cnn(-c2nccc(-c3cc(OC)ccc3OC)n2)c1C1CC1. The third-order valence-electron chi connectivity index (χ3n) is 6.93. The van der Waals surface area contributed by atoms with E-state index in [4.69, 9.17) is 14.5 Å². The molecule has 1 aliphatic carbocycles. The van der Waals surface area contributed by atoms with Crippen LogP contribution in [-0.2, 0) is 0 Å². The number of rotatable bonds is 9. The average Bonchev–Trinajstić information content (AvgIpc) is 3.47.